The Kier molecular flexibility index (Phi) is 7.60. The molecule has 2 fully saturated rings. The molecule has 1 unspecified atom stereocenters. The summed E-state index contributed by atoms with van der Waals surface area (Å²) in [5.41, 5.74) is 2.30. The minimum atomic E-state index is -0.975. The van der Waals surface area contributed by atoms with E-state index >= 15 is 0 Å². The van der Waals surface area contributed by atoms with Crippen LogP contribution in [0, 0.1) is 5.92 Å². The third-order valence-corrected chi connectivity index (χ3v) is 7.36. The summed E-state index contributed by atoms with van der Waals surface area (Å²) >= 11 is 0. The maximum Gasteiger partial charge on any atom is 0.252 e. The molecule has 2 aliphatic heterocycles. The Morgan fingerprint density at radius 1 is 1.10 bits per heavy atom. The third-order valence-electron chi connectivity index (χ3n) is 7.36. The smallest absolute Gasteiger partial charge is 0.252 e. The average molecular weight is 532 g/mol. The monoisotopic (exact) mass is 531 g/mol. The summed E-state index contributed by atoms with van der Waals surface area (Å²) in [7, 11) is 0. The molecule has 2 aromatic heterocycles. The van der Waals surface area contributed by atoms with Gasteiger partial charge in [-0.15, -0.1) is 0 Å². The largest absolute Gasteiger partial charge is 0.384 e. The first-order valence-electron chi connectivity index (χ1n) is 13.2. The molecule has 0 aliphatic carbocycles. The van der Waals surface area contributed by atoms with E-state index in [1.54, 1.807) is 26.6 Å². The summed E-state index contributed by atoms with van der Waals surface area (Å²) in [6, 6.07) is 11.2. The molecule has 0 bridgehead atoms. The van der Waals surface area contributed by atoms with Gasteiger partial charge in [0.25, 0.3) is 11.5 Å². The molecule has 0 radical (unpaired) electrons. The topological polar surface area (TPSA) is 124 Å². The van der Waals surface area contributed by atoms with Crippen molar-refractivity contribution >= 4 is 40.2 Å². The molecule has 4 heterocycles. The zero-order valence-corrected chi connectivity index (χ0v) is 22.0. The van der Waals surface area contributed by atoms with E-state index in [0.717, 1.165) is 23.2 Å². The van der Waals surface area contributed by atoms with Crippen LogP contribution >= 0.6 is 0 Å². The number of amides is 2. The van der Waals surface area contributed by atoms with E-state index in [1.165, 1.54) is 19.1 Å². The number of nitrogens with one attached hydrogen (secondary N) is 1. The van der Waals surface area contributed by atoms with Crippen LogP contribution in [0.4, 0.5) is 17.3 Å². The van der Waals surface area contributed by atoms with Gasteiger partial charge >= 0.3 is 0 Å². The Balaban J connectivity index is 1.23. The number of fused-ring (bicyclic) bond motifs is 1. The summed E-state index contributed by atoms with van der Waals surface area (Å²) in [5, 5.41) is 13.5. The van der Waals surface area contributed by atoms with E-state index in [4.69, 9.17) is 0 Å². The minimum absolute atomic E-state index is 0.0585. The highest BCUT2D eigenvalue weighted by Gasteiger charge is 2.29. The number of hydrogen-bond donors (Lipinski definition) is 2. The highest BCUT2D eigenvalue weighted by molar-refractivity contribution is 5.87. The van der Waals surface area contributed by atoms with Gasteiger partial charge in [-0.25, -0.2) is 4.98 Å². The van der Waals surface area contributed by atoms with Gasteiger partial charge in [0.2, 0.25) is 11.9 Å². The first kappa shape index (κ1) is 26.4. The van der Waals surface area contributed by atoms with Gasteiger partial charge in [-0.1, -0.05) is 6.58 Å². The Labute approximate surface area is 226 Å². The lowest BCUT2D eigenvalue weighted by Gasteiger charge is -2.38. The van der Waals surface area contributed by atoms with Crippen LogP contribution in [-0.4, -0.2) is 86.6 Å². The maximum absolute atomic E-state index is 12.7. The average Bonchev–Trinajstić information content (AvgIpc) is 2.93. The second kappa shape index (κ2) is 11.2. The Bertz CT molecular complexity index is 1420. The zero-order chi connectivity index (χ0) is 27.5. The number of likely N-dealkylation sites (tertiary alicyclic amines) is 1. The molecule has 204 valence electrons. The van der Waals surface area contributed by atoms with Crippen LogP contribution < -0.4 is 15.8 Å². The van der Waals surface area contributed by atoms with Crippen LogP contribution in [0.1, 0.15) is 13.3 Å². The predicted octanol–water partition coefficient (Wildman–Crippen LogP) is 1.60. The molecule has 2 amide bonds. The van der Waals surface area contributed by atoms with Gasteiger partial charge in [0, 0.05) is 74.8 Å². The van der Waals surface area contributed by atoms with E-state index in [2.05, 4.69) is 26.8 Å². The van der Waals surface area contributed by atoms with Crippen molar-refractivity contribution in [1.29, 1.82) is 0 Å². The van der Waals surface area contributed by atoms with Crippen LogP contribution in [0.25, 0.3) is 11.0 Å². The molecule has 5 rings (SSSR count). The van der Waals surface area contributed by atoms with Crippen molar-refractivity contribution in [3.63, 3.8) is 0 Å². The molecule has 0 spiro atoms. The van der Waals surface area contributed by atoms with E-state index in [1.807, 2.05) is 24.3 Å². The van der Waals surface area contributed by atoms with E-state index in [9.17, 15) is 19.5 Å². The lowest BCUT2D eigenvalue weighted by atomic mass is 9.96. The van der Waals surface area contributed by atoms with Crippen molar-refractivity contribution < 1.29 is 14.7 Å². The van der Waals surface area contributed by atoms with Gasteiger partial charge in [0.05, 0.1) is 0 Å². The quantitative estimate of drug-likeness (QED) is 0.420. The molecule has 11 nitrogen and oxygen atoms in total. The van der Waals surface area contributed by atoms with Crippen molar-refractivity contribution in [3.05, 3.63) is 65.6 Å². The first-order chi connectivity index (χ1) is 18.8. The van der Waals surface area contributed by atoms with Gasteiger partial charge in [-0.3, -0.25) is 19.0 Å². The van der Waals surface area contributed by atoms with E-state index in [-0.39, 0.29) is 17.4 Å². The Morgan fingerprint density at radius 2 is 1.82 bits per heavy atom. The fourth-order valence-corrected chi connectivity index (χ4v) is 5.05. The SMILES string of the molecule is C=CC(=O)N1CC(CCn2c(=O)ccc3cnc(Nc4ccc(N5CCN(C(=O)C(C)O)CC5)cc4)nc32)C1. The van der Waals surface area contributed by atoms with Gasteiger partial charge < -0.3 is 25.1 Å². The van der Waals surface area contributed by atoms with Crippen LogP contribution in [0.15, 0.2) is 60.0 Å². The number of nitrogens with zero attached hydrogens (tertiary/aromatic N) is 6. The fraction of sp³-hybridized carbons (Fsp3) is 0.393. The number of aromatic nitrogens is 3. The first-order valence-corrected chi connectivity index (χ1v) is 13.2. The van der Waals surface area contributed by atoms with Crippen molar-refractivity contribution in [3.8, 4) is 0 Å². The fourth-order valence-electron chi connectivity index (χ4n) is 5.05. The highest BCUT2D eigenvalue weighted by atomic mass is 16.3. The number of anilines is 3. The lowest BCUT2D eigenvalue weighted by molar-refractivity contribution is -0.139. The molecule has 39 heavy (non-hydrogen) atoms. The summed E-state index contributed by atoms with van der Waals surface area (Å²) < 4.78 is 1.67. The second-order valence-corrected chi connectivity index (χ2v) is 10.1. The second-order valence-electron chi connectivity index (χ2n) is 10.1. The van der Waals surface area contributed by atoms with Crippen molar-refractivity contribution in [2.45, 2.75) is 26.0 Å². The van der Waals surface area contributed by atoms with Crippen LogP contribution in [-0.2, 0) is 16.1 Å². The Morgan fingerprint density at radius 3 is 2.49 bits per heavy atom. The number of piperazine rings is 1. The third kappa shape index (κ3) is 5.78. The highest BCUT2D eigenvalue weighted by Crippen LogP contribution is 2.23. The number of benzene rings is 1. The lowest BCUT2D eigenvalue weighted by Crippen LogP contribution is -2.51. The van der Waals surface area contributed by atoms with Crippen LogP contribution in [0.2, 0.25) is 0 Å². The minimum Gasteiger partial charge on any atom is -0.384 e. The number of pyridine rings is 1. The number of aliphatic hydroxyl groups excluding tert-OH is 1. The molecule has 2 aliphatic rings. The number of aliphatic hydroxyl groups is 1. The van der Waals surface area contributed by atoms with Crippen molar-refractivity contribution in [1.82, 2.24) is 24.3 Å². The maximum atomic E-state index is 12.7. The molecule has 1 atom stereocenters. The number of hydrogen-bond acceptors (Lipinski definition) is 8. The van der Waals surface area contributed by atoms with E-state index < -0.39 is 6.10 Å². The summed E-state index contributed by atoms with van der Waals surface area (Å²) in [6.45, 7) is 9.42. The predicted molar refractivity (Wildman–Crippen MR) is 149 cm³/mol. The van der Waals surface area contributed by atoms with Gasteiger partial charge in [-0.05, 0) is 55.7 Å². The van der Waals surface area contributed by atoms with Crippen LogP contribution in [0.3, 0.4) is 0 Å². The molecule has 2 saturated heterocycles. The van der Waals surface area contributed by atoms with Crippen molar-refractivity contribution in [2.24, 2.45) is 5.92 Å². The number of rotatable bonds is 8. The number of carbonyl (C=O) groups excluding carboxylic acids is 2. The molecule has 0 saturated carbocycles. The van der Waals surface area contributed by atoms with Crippen LogP contribution in [0.5, 0.6) is 0 Å². The molecule has 11 heteroatoms. The van der Waals surface area contributed by atoms with E-state index in [0.29, 0.717) is 63.3 Å². The van der Waals surface area contributed by atoms with Crippen molar-refractivity contribution in [2.75, 3.05) is 49.5 Å². The molecular weight excluding hydrogens is 498 g/mol. The molecule has 1 aromatic carbocycles. The number of aryl methyl sites for hydroxylation is 1. The summed E-state index contributed by atoms with van der Waals surface area (Å²) in [6.07, 6.45) is 2.83. The van der Waals surface area contributed by atoms with Gasteiger partial charge in [0.15, 0.2) is 0 Å². The molecular formula is C28H33N7O4. The Hall–Kier alpha value is -4.25. The summed E-state index contributed by atoms with van der Waals surface area (Å²) in [5.74, 6) is 0.448. The standard InChI is InChI=1S/C28H33N7O4/c1-3-24(37)34-17-20(18-34)10-11-35-25(38)9-4-21-16-29-28(31-26(21)35)30-22-5-7-23(8-6-22)32-12-14-33(15-13-32)27(39)19(2)36/h3-9,16,19-20,36H,1,10-15,17-18H2,2H3,(H,29,30,31). The summed E-state index contributed by atoms with van der Waals surface area (Å²) in [4.78, 5) is 51.1. The number of carbonyl (C=O) groups is 2. The zero-order valence-electron chi connectivity index (χ0n) is 22.0. The molecule has 3 aromatic rings. The molecule has 2 N–H and O–H groups in total. The van der Waals surface area contributed by atoms with Gasteiger partial charge in [0.1, 0.15) is 11.8 Å². The normalized spacial score (nSPS) is 16.6. The van der Waals surface area contributed by atoms with Gasteiger partial charge in [-0.2, -0.15) is 4.98 Å².